The molecular formula is C26H34N2O3S. The number of amides is 1. The average Bonchev–Trinajstić information content (AvgIpc) is 3.58. The van der Waals surface area contributed by atoms with Crippen LogP contribution in [0.2, 0.25) is 0 Å². The SMILES string of the molecule is Cc1cc(C)c(C)c(S(=O)(=O)N2CCC(C(=O)NCC3(c4ccccc4)CC3)CC2)c1C. The van der Waals surface area contributed by atoms with Gasteiger partial charge in [0.15, 0.2) is 0 Å². The molecule has 0 spiro atoms. The molecule has 1 N–H and O–H groups in total. The summed E-state index contributed by atoms with van der Waals surface area (Å²) in [6.07, 6.45) is 3.32. The molecule has 0 atom stereocenters. The van der Waals surface area contributed by atoms with Crippen LogP contribution in [0.4, 0.5) is 0 Å². The number of benzene rings is 2. The van der Waals surface area contributed by atoms with Gasteiger partial charge in [0.05, 0.1) is 4.90 Å². The third-order valence-electron chi connectivity index (χ3n) is 7.56. The van der Waals surface area contributed by atoms with Crippen LogP contribution < -0.4 is 5.32 Å². The third-order valence-corrected chi connectivity index (χ3v) is 9.73. The Morgan fingerprint density at radius 3 is 2.09 bits per heavy atom. The minimum Gasteiger partial charge on any atom is -0.355 e. The lowest BCUT2D eigenvalue weighted by atomic mass is 9.94. The number of rotatable bonds is 6. The van der Waals surface area contributed by atoms with Crippen molar-refractivity contribution in [3.63, 3.8) is 0 Å². The number of hydrogen-bond donors (Lipinski definition) is 1. The van der Waals surface area contributed by atoms with Gasteiger partial charge in [0.1, 0.15) is 0 Å². The van der Waals surface area contributed by atoms with Gasteiger partial charge in [-0.1, -0.05) is 36.4 Å². The molecular weight excluding hydrogens is 420 g/mol. The molecule has 2 aromatic rings. The van der Waals surface area contributed by atoms with Gasteiger partial charge >= 0.3 is 0 Å². The van der Waals surface area contributed by atoms with Crippen molar-refractivity contribution < 1.29 is 13.2 Å². The van der Waals surface area contributed by atoms with E-state index in [9.17, 15) is 13.2 Å². The Kier molecular flexibility index (Phi) is 6.21. The summed E-state index contributed by atoms with van der Waals surface area (Å²) in [5.41, 5.74) is 5.01. The van der Waals surface area contributed by atoms with Gasteiger partial charge in [-0.3, -0.25) is 4.79 Å². The van der Waals surface area contributed by atoms with E-state index >= 15 is 0 Å². The second-order valence-electron chi connectivity index (χ2n) is 9.63. The molecule has 32 heavy (non-hydrogen) atoms. The summed E-state index contributed by atoms with van der Waals surface area (Å²) in [5.74, 6) is -0.0718. The predicted molar refractivity (Wildman–Crippen MR) is 127 cm³/mol. The molecule has 0 aromatic heterocycles. The zero-order valence-electron chi connectivity index (χ0n) is 19.6. The maximum atomic E-state index is 13.5. The molecule has 2 fully saturated rings. The monoisotopic (exact) mass is 454 g/mol. The molecule has 1 aliphatic carbocycles. The third kappa shape index (κ3) is 4.23. The van der Waals surface area contributed by atoms with Gasteiger partial charge in [0, 0.05) is 31.0 Å². The van der Waals surface area contributed by atoms with Crippen molar-refractivity contribution in [2.75, 3.05) is 19.6 Å². The first kappa shape index (κ1) is 23.0. The van der Waals surface area contributed by atoms with Gasteiger partial charge in [0.2, 0.25) is 15.9 Å². The van der Waals surface area contributed by atoms with Crippen LogP contribution in [0.25, 0.3) is 0 Å². The lowest BCUT2D eigenvalue weighted by Gasteiger charge is -2.32. The first-order valence-corrected chi connectivity index (χ1v) is 13.0. The number of nitrogens with one attached hydrogen (secondary N) is 1. The second-order valence-corrected chi connectivity index (χ2v) is 11.5. The van der Waals surface area contributed by atoms with Crippen LogP contribution in [0, 0.1) is 33.6 Å². The van der Waals surface area contributed by atoms with Gasteiger partial charge in [-0.05, 0) is 81.2 Å². The zero-order chi connectivity index (χ0) is 23.1. The Morgan fingerprint density at radius 1 is 1.00 bits per heavy atom. The van der Waals surface area contributed by atoms with E-state index in [0.29, 0.717) is 37.4 Å². The summed E-state index contributed by atoms with van der Waals surface area (Å²) in [5, 5.41) is 3.17. The normalized spacial score (nSPS) is 19.0. The maximum absolute atomic E-state index is 13.5. The number of carbonyl (C=O) groups excluding carboxylic acids is 1. The number of carbonyl (C=O) groups is 1. The van der Waals surface area contributed by atoms with E-state index in [1.165, 1.54) is 5.56 Å². The van der Waals surface area contributed by atoms with Gasteiger partial charge < -0.3 is 5.32 Å². The van der Waals surface area contributed by atoms with Crippen molar-refractivity contribution in [3.05, 3.63) is 64.2 Å². The van der Waals surface area contributed by atoms with Crippen LogP contribution in [0.5, 0.6) is 0 Å². The standard InChI is InChI=1S/C26H34N2O3S/c1-18-16-19(2)21(4)24(20(18)3)32(30,31)28-14-10-22(11-15-28)25(29)27-17-26(12-13-26)23-8-6-5-7-9-23/h5-9,16,22H,10-15,17H2,1-4H3,(H,27,29). The molecule has 6 heteroatoms. The van der Waals surface area contributed by atoms with Crippen LogP contribution in [0.15, 0.2) is 41.3 Å². The topological polar surface area (TPSA) is 66.5 Å². The molecule has 0 unspecified atom stereocenters. The van der Waals surface area contributed by atoms with Crippen LogP contribution >= 0.6 is 0 Å². The first-order chi connectivity index (χ1) is 15.2. The van der Waals surface area contributed by atoms with Crippen molar-refractivity contribution in [2.45, 2.75) is 63.7 Å². The highest BCUT2D eigenvalue weighted by Crippen LogP contribution is 2.47. The van der Waals surface area contributed by atoms with Crippen molar-refractivity contribution in [3.8, 4) is 0 Å². The predicted octanol–water partition coefficient (Wildman–Crippen LogP) is 4.17. The molecule has 0 bridgehead atoms. The molecule has 0 radical (unpaired) electrons. The number of aryl methyl sites for hydroxylation is 2. The Labute approximate surface area is 192 Å². The minimum atomic E-state index is -3.58. The maximum Gasteiger partial charge on any atom is 0.243 e. The molecule has 1 heterocycles. The summed E-state index contributed by atoms with van der Waals surface area (Å²) in [6, 6.07) is 12.4. The van der Waals surface area contributed by atoms with Gasteiger partial charge in [0.25, 0.3) is 0 Å². The Balaban J connectivity index is 1.39. The molecule has 5 nitrogen and oxygen atoms in total. The van der Waals surface area contributed by atoms with E-state index in [1.807, 2.05) is 52.0 Å². The van der Waals surface area contributed by atoms with Crippen LogP contribution in [-0.4, -0.2) is 38.3 Å². The average molecular weight is 455 g/mol. The van der Waals surface area contributed by atoms with Gasteiger partial charge in [-0.2, -0.15) is 4.31 Å². The van der Waals surface area contributed by atoms with E-state index < -0.39 is 10.0 Å². The van der Waals surface area contributed by atoms with E-state index in [2.05, 4.69) is 17.4 Å². The minimum absolute atomic E-state index is 0.0583. The van der Waals surface area contributed by atoms with Gasteiger partial charge in [-0.25, -0.2) is 8.42 Å². The number of nitrogens with zero attached hydrogens (tertiary/aromatic N) is 1. The lowest BCUT2D eigenvalue weighted by molar-refractivity contribution is -0.126. The quantitative estimate of drug-likeness (QED) is 0.712. The Bertz CT molecular complexity index is 1090. The van der Waals surface area contributed by atoms with E-state index in [1.54, 1.807) is 4.31 Å². The summed E-state index contributed by atoms with van der Waals surface area (Å²) < 4.78 is 28.5. The summed E-state index contributed by atoms with van der Waals surface area (Å²) in [7, 11) is -3.58. The fourth-order valence-corrected chi connectivity index (χ4v) is 7.01. The fourth-order valence-electron chi connectivity index (χ4n) is 4.97. The lowest BCUT2D eigenvalue weighted by Crippen LogP contribution is -2.44. The molecule has 1 saturated carbocycles. The van der Waals surface area contributed by atoms with E-state index in [-0.39, 0.29) is 17.2 Å². The van der Waals surface area contributed by atoms with Crippen LogP contribution in [0.3, 0.4) is 0 Å². The summed E-state index contributed by atoms with van der Waals surface area (Å²) in [6.45, 7) is 9.12. The molecule has 172 valence electrons. The molecule has 1 amide bonds. The van der Waals surface area contributed by atoms with Crippen molar-refractivity contribution >= 4 is 15.9 Å². The zero-order valence-corrected chi connectivity index (χ0v) is 20.4. The smallest absolute Gasteiger partial charge is 0.243 e. The van der Waals surface area contributed by atoms with Crippen molar-refractivity contribution in [1.82, 2.24) is 9.62 Å². The first-order valence-electron chi connectivity index (χ1n) is 11.6. The highest BCUT2D eigenvalue weighted by molar-refractivity contribution is 7.89. The Morgan fingerprint density at radius 2 is 1.56 bits per heavy atom. The molecule has 1 aliphatic heterocycles. The summed E-state index contributed by atoms with van der Waals surface area (Å²) >= 11 is 0. The van der Waals surface area contributed by atoms with Crippen LogP contribution in [0.1, 0.15) is 53.5 Å². The van der Waals surface area contributed by atoms with Gasteiger partial charge in [-0.15, -0.1) is 0 Å². The highest BCUT2D eigenvalue weighted by atomic mass is 32.2. The molecule has 4 rings (SSSR count). The molecule has 2 aliphatic rings. The molecule has 2 aromatic carbocycles. The van der Waals surface area contributed by atoms with Crippen molar-refractivity contribution in [1.29, 1.82) is 0 Å². The number of hydrogen-bond acceptors (Lipinski definition) is 3. The summed E-state index contributed by atoms with van der Waals surface area (Å²) in [4.78, 5) is 13.3. The largest absolute Gasteiger partial charge is 0.355 e. The Hall–Kier alpha value is -2.18. The van der Waals surface area contributed by atoms with E-state index in [0.717, 1.165) is 35.1 Å². The number of sulfonamides is 1. The van der Waals surface area contributed by atoms with E-state index in [4.69, 9.17) is 0 Å². The number of piperidine rings is 1. The van der Waals surface area contributed by atoms with Crippen LogP contribution in [-0.2, 0) is 20.2 Å². The molecule has 1 saturated heterocycles. The second kappa shape index (κ2) is 8.64. The fraction of sp³-hybridized carbons (Fsp3) is 0.500. The highest BCUT2D eigenvalue weighted by Gasteiger charge is 2.44. The van der Waals surface area contributed by atoms with Crippen molar-refractivity contribution in [2.24, 2.45) is 5.92 Å².